The molecule has 0 radical (unpaired) electrons. The van der Waals surface area contributed by atoms with Gasteiger partial charge in [0.05, 0.1) is 28.6 Å². The number of fused-ring (bicyclic) bond motifs is 3. The summed E-state index contributed by atoms with van der Waals surface area (Å²) < 4.78 is 0. The lowest BCUT2D eigenvalue weighted by Gasteiger charge is -2.22. The van der Waals surface area contributed by atoms with E-state index in [4.69, 9.17) is 0 Å². The van der Waals surface area contributed by atoms with E-state index in [-0.39, 0.29) is 46.6 Å². The number of rotatable bonds is 7. The van der Waals surface area contributed by atoms with Crippen LogP contribution in [0.25, 0.3) is 11.1 Å². The first-order chi connectivity index (χ1) is 13.8. The fourth-order valence-electron chi connectivity index (χ4n) is 3.29. The molecule has 11 nitrogen and oxygen atoms in total. The molecular formula is C18H15N3O8. The molecule has 0 aromatic heterocycles. The molecule has 0 unspecified atom stereocenters. The van der Waals surface area contributed by atoms with Crippen molar-refractivity contribution in [3.05, 3.63) is 67.3 Å². The highest BCUT2D eigenvalue weighted by Gasteiger charge is 2.35. The Morgan fingerprint density at radius 1 is 0.897 bits per heavy atom. The summed E-state index contributed by atoms with van der Waals surface area (Å²) in [5.74, 6) is -1.38. The van der Waals surface area contributed by atoms with Crippen LogP contribution in [0.4, 0.5) is 11.4 Å². The molecule has 3 rings (SSSR count). The molecule has 0 heterocycles. The smallest absolute Gasteiger partial charge is 0.271 e. The van der Waals surface area contributed by atoms with Crippen molar-refractivity contribution in [3.63, 3.8) is 0 Å². The highest BCUT2D eigenvalue weighted by molar-refractivity contribution is 6.25. The molecule has 0 fully saturated rings. The van der Waals surface area contributed by atoms with E-state index in [9.17, 15) is 40.0 Å². The summed E-state index contributed by atoms with van der Waals surface area (Å²) in [6, 6.07) is 5.62. The Balaban J connectivity index is 2.25. The predicted octanol–water partition coefficient (Wildman–Crippen LogP) is 1.14. The van der Waals surface area contributed by atoms with Gasteiger partial charge in [-0.15, -0.1) is 0 Å². The minimum atomic E-state index is -0.752. The number of nitro groups is 2. The molecule has 29 heavy (non-hydrogen) atoms. The van der Waals surface area contributed by atoms with Crippen molar-refractivity contribution < 1.29 is 29.6 Å². The fourth-order valence-corrected chi connectivity index (χ4v) is 3.29. The molecule has 2 aromatic carbocycles. The first-order valence-electron chi connectivity index (χ1n) is 8.47. The van der Waals surface area contributed by atoms with Crippen LogP contribution in [0.15, 0.2) is 30.3 Å². The number of non-ortho nitro benzene ring substituents is 2. The van der Waals surface area contributed by atoms with Crippen LogP contribution in [0.3, 0.4) is 0 Å². The van der Waals surface area contributed by atoms with Crippen molar-refractivity contribution in [2.24, 2.45) is 0 Å². The van der Waals surface area contributed by atoms with Gasteiger partial charge in [0.15, 0.2) is 5.78 Å². The maximum absolute atomic E-state index is 13.0. The van der Waals surface area contributed by atoms with Gasteiger partial charge < -0.3 is 15.1 Å². The summed E-state index contributed by atoms with van der Waals surface area (Å²) in [6.07, 6.45) is 0. The molecule has 0 saturated heterocycles. The quantitative estimate of drug-likeness (QED) is 0.439. The van der Waals surface area contributed by atoms with Crippen molar-refractivity contribution in [2.45, 2.75) is 0 Å². The van der Waals surface area contributed by atoms with Gasteiger partial charge in [0.2, 0.25) is 0 Å². The Morgan fingerprint density at radius 2 is 1.48 bits per heavy atom. The number of ketones is 1. The Labute approximate surface area is 163 Å². The van der Waals surface area contributed by atoms with Gasteiger partial charge in [-0.3, -0.25) is 29.8 Å². The normalized spacial score (nSPS) is 11.7. The second-order valence-corrected chi connectivity index (χ2v) is 6.23. The van der Waals surface area contributed by atoms with Crippen molar-refractivity contribution in [3.8, 4) is 11.1 Å². The fraction of sp³-hybridized carbons (Fsp3) is 0.222. The largest absolute Gasteiger partial charge is 0.395 e. The summed E-state index contributed by atoms with van der Waals surface area (Å²) in [5, 5.41) is 40.7. The van der Waals surface area contributed by atoms with Crippen molar-refractivity contribution in [2.75, 3.05) is 26.3 Å². The van der Waals surface area contributed by atoms with E-state index in [2.05, 4.69) is 0 Å². The SMILES string of the molecule is O=C1c2cc([N+](=O)[O-])ccc2-c2c1cc([N+](=O)[O-])cc2C(=O)N(CCO)CCO. The van der Waals surface area contributed by atoms with Gasteiger partial charge in [0.1, 0.15) is 0 Å². The lowest BCUT2D eigenvalue weighted by atomic mass is 9.97. The standard InChI is InChI=1S/C18H15N3O8/c22-5-3-19(4-6-23)18(25)15-9-11(21(28)29)8-14-16(15)12-2-1-10(20(26)27)7-13(12)17(14)24/h1-2,7-9,22-23H,3-6H2. The zero-order valence-electron chi connectivity index (χ0n) is 14.9. The lowest BCUT2D eigenvalue weighted by Crippen LogP contribution is -2.36. The number of aliphatic hydroxyl groups is 2. The lowest BCUT2D eigenvalue weighted by molar-refractivity contribution is -0.385. The second-order valence-electron chi connectivity index (χ2n) is 6.23. The van der Waals surface area contributed by atoms with Gasteiger partial charge in [-0.1, -0.05) is 0 Å². The Hall–Kier alpha value is -3.70. The van der Waals surface area contributed by atoms with Gasteiger partial charge >= 0.3 is 0 Å². The van der Waals surface area contributed by atoms with Gasteiger partial charge in [0, 0.05) is 54.0 Å². The molecule has 1 aliphatic carbocycles. The van der Waals surface area contributed by atoms with Crippen LogP contribution in [0.1, 0.15) is 26.3 Å². The summed E-state index contributed by atoms with van der Waals surface area (Å²) in [6.45, 7) is -1.05. The second kappa shape index (κ2) is 7.73. The van der Waals surface area contributed by atoms with Crippen LogP contribution in [0.5, 0.6) is 0 Å². The van der Waals surface area contributed by atoms with E-state index in [0.29, 0.717) is 0 Å². The van der Waals surface area contributed by atoms with E-state index in [0.717, 1.165) is 23.1 Å². The molecule has 150 valence electrons. The van der Waals surface area contributed by atoms with E-state index < -0.39 is 40.4 Å². The number of nitro benzene ring substituents is 2. The average molecular weight is 401 g/mol. The summed E-state index contributed by atoms with van der Waals surface area (Å²) in [5.41, 5.74) is -0.717. The molecule has 0 bridgehead atoms. The van der Waals surface area contributed by atoms with E-state index >= 15 is 0 Å². The van der Waals surface area contributed by atoms with E-state index in [1.807, 2.05) is 0 Å². The number of aliphatic hydroxyl groups excluding tert-OH is 2. The third-order valence-corrected chi connectivity index (χ3v) is 4.56. The molecule has 2 aromatic rings. The molecule has 0 atom stereocenters. The molecule has 11 heteroatoms. The molecule has 0 spiro atoms. The Kier molecular flexibility index (Phi) is 5.35. The van der Waals surface area contributed by atoms with Crippen LogP contribution >= 0.6 is 0 Å². The minimum absolute atomic E-state index is 0.0281. The minimum Gasteiger partial charge on any atom is -0.395 e. The van der Waals surface area contributed by atoms with Crippen LogP contribution in [0, 0.1) is 20.2 Å². The molecule has 2 N–H and O–H groups in total. The number of benzene rings is 2. The number of nitrogens with zero attached hydrogens (tertiary/aromatic N) is 3. The Morgan fingerprint density at radius 3 is 2.03 bits per heavy atom. The summed E-state index contributed by atoms with van der Waals surface area (Å²) in [4.78, 5) is 47.8. The third kappa shape index (κ3) is 3.44. The van der Waals surface area contributed by atoms with Crippen LogP contribution in [0.2, 0.25) is 0 Å². The highest BCUT2D eigenvalue weighted by atomic mass is 16.6. The maximum atomic E-state index is 13.0. The maximum Gasteiger partial charge on any atom is 0.271 e. The first kappa shape index (κ1) is 20.0. The van der Waals surface area contributed by atoms with Gasteiger partial charge in [-0.25, -0.2) is 0 Å². The predicted molar refractivity (Wildman–Crippen MR) is 98.7 cm³/mol. The molecule has 1 amide bonds. The van der Waals surface area contributed by atoms with Crippen LogP contribution in [-0.4, -0.2) is 63.0 Å². The van der Waals surface area contributed by atoms with Crippen LogP contribution in [-0.2, 0) is 0 Å². The zero-order chi connectivity index (χ0) is 21.3. The zero-order valence-corrected chi connectivity index (χ0v) is 14.9. The van der Waals surface area contributed by atoms with Gasteiger partial charge in [-0.05, 0) is 11.6 Å². The molecular weight excluding hydrogens is 386 g/mol. The van der Waals surface area contributed by atoms with E-state index in [1.54, 1.807) is 0 Å². The average Bonchev–Trinajstić information content (AvgIpc) is 2.98. The number of carbonyl (C=O) groups is 2. The van der Waals surface area contributed by atoms with Gasteiger partial charge in [-0.2, -0.15) is 0 Å². The molecule has 1 aliphatic rings. The topological polar surface area (TPSA) is 164 Å². The van der Waals surface area contributed by atoms with Crippen molar-refractivity contribution in [1.29, 1.82) is 0 Å². The Bertz CT molecular complexity index is 1040. The first-order valence-corrected chi connectivity index (χ1v) is 8.47. The van der Waals surface area contributed by atoms with Crippen molar-refractivity contribution in [1.82, 2.24) is 4.90 Å². The molecule has 0 aliphatic heterocycles. The van der Waals surface area contributed by atoms with Crippen LogP contribution < -0.4 is 0 Å². The monoisotopic (exact) mass is 401 g/mol. The number of hydrogen-bond acceptors (Lipinski definition) is 8. The number of carbonyl (C=O) groups excluding carboxylic acids is 2. The molecule has 0 saturated carbocycles. The third-order valence-electron chi connectivity index (χ3n) is 4.56. The number of amides is 1. The van der Waals surface area contributed by atoms with Crippen molar-refractivity contribution >= 4 is 23.1 Å². The number of hydrogen-bond donors (Lipinski definition) is 2. The summed E-state index contributed by atoms with van der Waals surface area (Å²) in [7, 11) is 0. The summed E-state index contributed by atoms with van der Waals surface area (Å²) >= 11 is 0. The highest BCUT2D eigenvalue weighted by Crippen LogP contribution is 2.42. The van der Waals surface area contributed by atoms with Gasteiger partial charge in [0.25, 0.3) is 17.3 Å². The van der Waals surface area contributed by atoms with E-state index in [1.165, 1.54) is 12.1 Å².